The average molecular weight is 282 g/mol. The predicted octanol–water partition coefficient (Wildman–Crippen LogP) is 3.16. The summed E-state index contributed by atoms with van der Waals surface area (Å²) in [6, 6.07) is 14.9. The lowest BCUT2D eigenvalue weighted by molar-refractivity contribution is 0.0954. The van der Waals surface area contributed by atoms with E-state index in [1.807, 2.05) is 38.1 Å². The maximum absolute atomic E-state index is 12.0. The highest BCUT2D eigenvalue weighted by Crippen LogP contribution is 2.12. The summed E-state index contributed by atoms with van der Waals surface area (Å²) in [5, 5.41) is 4.13. The van der Waals surface area contributed by atoms with Crippen LogP contribution in [0.15, 0.2) is 53.6 Å². The van der Waals surface area contributed by atoms with E-state index in [0.29, 0.717) is 11.3 Å². The molecule has 0 heterocycles. The molecule has 2 aromatic rings. The molecule has 0 aliphatic rings. The Bertz CT molecular complexity index is 661. The van der Waals surface area contributed by atoms with Crippen LogP contribution in [0.4, 0.5) is 0 Å². The Kier molecular flexibility index (Phi) is 4.72. The Labute approximate surface area is 124 Å². The molecule has 0 aliphatic carbocycles. The average Bonchev–Trinajstić information content (AvgIpc) is 2.53. The number of carbonyl (C=O) groups is 1. The second kappa shape index (κ2) is 6.70. The SMILES string of the molecule is COc1cccc(C(=O)N/N=C(/C)c2ccc(C)cc2)c1. The molecule has 2 aromatic carbocycles. The van der Waals surface area contributed by atoms with E-state index in [-0.39, 0.29) is 5.91 Å². The van der Waals surface area contributed by atoms with Gasteiger partial charge in [-0.2, -0.15) is 5.10 Å². The lowest BCUT2D eigenvalue weighted by atomic mass is 10.1. The minimum absolute atomic E-state index is 0.264. The zero-order valence-electron chi connectivity index (χ0n) is 12.4. The summed E-state index contributed by atoms with van der Waals surface area (Å²) in [5.74, 6) is 0.377. The summed E-state index contributed by atoms with van der Waals surface area (Å²) < 4.78 is 5.10. The maximum Gasteiger partial charge on any atom is 0.271 e. The van der Waals surface area contributed by atoms with Crippen LogP contribution in [-0.4, -0.2) is 18.7 Å². The fraction of sp³-hybridized carbons (Fsp3) is 0.176. The number of nitrogens with zero attached hydrogens (tertiary/aromatic N) is 1. The van der Waals surface area contributed by atoms with Gasteiger partial charge in [0.05, 0.1) is 12.8 Å². The van der Waals surface area contributed by atoms with Crippen molar-refractivity contribution < 1.29 is 9.53 Å². The molecule has 0 saturated heterocycles. The molecular formula is C17H18N2O2. The molecule has 21 heavy (non-hydrogen) atoms. The first-order valence-electron chi connectivity index (χ1n) is 6.66. The van der Waals surface area contributed by atoms with Crippen LogP contribution < -0.4 is 10.2 Å². The third-order valence-corrected chi connectivity index (χ3v) is 3.13. The molecule has 0 saturated carbocycles. The number of hydrazone groups is 1. The van der Waals surface area contributed by atoms with Crippen molar-refractivity contribution in [2.45, 2.75) is 13.8 Å². The summed E-state index contributed by atoms with van der Waals surface area (Å²) >= 11 is 0. The molecule has 2 rings (SSSR count). The van der Waals surface area contributed by atoms with E-state index in [9.17, 15) is 4.79 Å². The molecule has 0 atom stereocenters. The Morgan fingerprint density at radius 1 is 1.10 bits per heavy atom. The molecule has 0 aliphatic heterocycles. The van der Waals surface area contributed by atoms with Gasteiger partial charge in [-0.1, -0.05) is 35.9 Å². The molecule has 4 heteroatoms. The van der Waals surface area contributed by atoms with Crippen molar-refractivity contribution in [3.05, 3.63) is 65.2 Å². The van der Waals surface area contributed by atoms with Crippen molar-refractivity contribution >= 4 is 11.6 Å². The van der Waals surface area contributed by atoms with Gasteiger partial charge in [0.25, 0.3) is 5.91 Å². The molecule has 0 spiro atoms. The molecular weight excluding hydrogens is 264 g/mol. The van der Waals surface area contributed by atoms with Crippen LogP contribution in [0.1, 0.15) is 28.4 Å². The molecule has 4 nitrogen and oxygen atoms in total. The van der Waals surface area contributed by atoms with E-state index in [0.717, 1.165) is 11.3 Å². The van der Waals surface area contributed by atoms with Crippen LogP contribution >= 0.6 is 0 Å². The quantitative estimate of drug-likeness (QED) is 0.691. The summed E-state index contributed by atoms with van der Waals surface area (Å²) in [7, 11) is 1.57. The summed E-state index contributed by atoms with van der Waals surface area (Å²) in [6.07, 6.45) is 0. The molecule has 0 bridgehead atoms. The van der Waals surface area contributed by atoms with Crippen molar-refractivity contribution in [3.63, 3.8) is 0 Å². The Morgan fingerprint density at radius 2 is 1.81 bits per heavy atom. The molecule has 0 unspecified atom stereocenters. The van der Waals surface area contributed by atoms with Crippen LogP contribution in [-0.2, 0) is 0 Å². The third-order valence-electron chi connectivity index (χ3n) is 3.13. The number of methoxy groups -OCH3 is 1. The summed E-state index contributed by atoms with van der Waals surface area (Å²) in [5.41, 5.74) is 5.99. The second-order valence-corrected chi connectivity index (χ2v) is 4.74. The van der Waals surface area contributed by atoms with Crippen LogP contribution in [0.2, 0.25) is 0 Å². The monoisotopic (exact) mass is 282 g/mol. The lowest BCUT2D eigenvalue weighted by Crippen LogP contribution is -2.19. The first kappa shape index (κ1) is 14.8. The van der Waals surface area contributed by atoms with E-state index < -0.39 is 0 Å². The molecule has 108 valence electrons. The van der Waals surface area contributed by atoms with Crippen molar-refractivity contribution in [2.24, 2.45) is 5.10 Å². The van der Waals surface area contributed by atoms with Crippen LogP contribution in [0.3, 0.4) is 0 Å². The predicted molar refractivity (Wildman–Crippen MR) is 83.9 cm³/mol. The smallest absolute Gasteiger partial charge is 0.271 e. The zero-order chi connectivity index (χ0) is 15.2. The number of ether oxygens (including phenoxy) is 1. The van der Waals surface area contributed by atoms with Gasteiger partial charge in [-0.15, -0.1) is 0 Å². The van der Waals surface area contributed by atoms with Gasteiger partial charge >= 0.3 is 0 Å². The van der Waals surface area contributed by atoms with E-state index in [1.165, 1.54) is 5.56 Å². The van der Waals surface area contributed by atoms with E-state index in [2.05, 4.69) is 10.5 Å². The largest absolute Gasteiger partial charge is 0.497 e. The lowest BCUT2D eigenvalue weighted by Gasteiger charge is -2.05. The van der Waals surface area contributed by atoms with Gasteiger partial charge in [0.1, 0.15) is 5.75 Å². The van der Waals surface area contributed by atoms with E-state index >= 15 is 0 Å². The van der Waals surface area contributed by atoms with Gasteiger partial charge in [-0.05, 0) is 37.6 Å². The molecule has 1 N–H and O–H groups in total. The fourth-order valence-corrected chi connectivity index (χ4v) is 1.82. The molecule has 0 fully saturated rings. The van der Waals surface area contributed by atoms with E-state index in [1.54, 1.807) is 31.4 Å². The van der Waals surface area contributed by atoms with E-state index in [4.69, 9.17) is 4.74 Å². The number of hydrogen-bond acceptors (Lipinski definition) is 3. The number of rotatable bonds is 4. The van der Waals surface area contributed by atoms with Gasteiger partial charge < -0.3 is 4.74 Å². The number of carbonyl (C=O) groups excluding carboxylic acids is 1. The van der Waals surface area contributed by atoms with Gasteiger partial charge in [0.15, 0.2) is 0 Å². The van der Waals surface area contributed by atoms with Crippen LogP contribution in [0.25, 0.3) is 0 Å². The van der Waals surface area contributed by atoms with Crippen molar-refractivity contribution in [1.82, 2.24) is 5.43 Å². The van der Waals surface area contributed by atoms with Crippen LogP contribution in [0, 0.1) is 6.92 Å². The fourth-order valence-electron chi connectivity index (χ4n) is 1.82. The number of aryl methyl sites for hydroxylation is 1. The number of nitrogens with one attached hydrogen (secondary N) is 1. The molecule has 0 radical (unpaired) electrons. The zero-order valence-corrected chi connectivity index (χ0v) is 12.4. The highest BCUT2D eigenvalue weighted by atomic mass is 16.5. The maximum atomic E-state index is 12.0. The first-order valence-corrected chi connectivity index (χ1v) is 6.66. The van der Waals surface area contributed by atoms with Crippen molar-refractivity contribution in [2.75, 3.05) is 7.11 Å². The molecule has 1 amide bonds. The number of benzene rings is 2. The highest BCUT2D eigenvalue weighted by molar-refractivity contribution is 6.00. The van der Waals surface area contributed by atoms with Gasteiger partial charge in [-0.25, -0.2) is 5.43 Å². The first-order chi connectivity index (χ1) is 10.1. The second-order valence-electron chi connectivity index (χ2n) is 4.74. The minimum Gasteiger partial charge on any atom is -0.497 e. The van der Waals surface area contributed by atoms with Gasteiger partial charge in [0.2, 0.25) is 0 Å². The standard InChI is InChI=1S/C17H18N2O2/c1-12-7-9-14(10-8-12)13(2)18-19-17(20)15-5-4-6-16(11-15)21-3/h4-11H,1-3H3,(H,19,20)/b18-13-. The Balaban J connectivity index is 2.08. The number of hydrogen-bond donors (Lipinski definition) is 1. The summed E-state index contributed by atoms with van der Waals surface area (Å²) in [6.45, 7) is 3.89. The minimum atomic E-state index is -0.264. The normalized spacial score (nSPS) is 11.1. The third kappa shape index (κ3) is 3.92. The Morgan fingerprint density at radius 3 is 2.48 bits per heavy atom. The van der Waals surface area contributed by atoms with Crippen molar-refractivity contribution in [3.8, 4) is 5.75 Å². The summed E-state index contributed by atoms with van der Waals surface area (Å²) in [4.78, 5) is 12.0. The Hall–Kier alpha value is -2.62. The highest BCUT2D eigenvalue weighted by Gasteiger charge is 2.06. The van der Waals surface area contributed by atoms with Gasteiger partial charge in [-0.3, -0.25) is 4.79 Å². The topological polar surface area (TPSA) is 50.7 Å². The van der Waals surface area contributed by atoms with Gasteiger partial charge in [0, 0.05) is 5.56 Å². The number of amides is 1. The van der Waals surface area contributed by atoms with Crippen LogP contribution in [0.5, 0.6) is 5.75 Å². The molecule has 0 aromatic heterocycles. The van der Waals surface area contributed by atoms with Crippen molar-refractivity contribution in [1.29, 1.82) is 0 Å².